The van der Waals surface area contributed by atoms with Crippen LogP contribution in [0.3, 0.4) is 0 Å². The molecule has 0 amide bonds. The van der Waals surface area contributed by atoms with E-state index < -0.39 is 0 Å². The molecule has 1 fully saturated rings. The number of rotatable bonds is 4. The summed E-state index contributed by atoms with van der Waals surface area (Å²) in [6.07, 6.45) is 3.17. The summed E-state index contributed by atoms with van der Waals surface area (Å²) < 4.78 is 6.86. The lowest BCUT2D eigenvalue weighted by molar-refractivity contribution is 0.0591. The Morgan fingerprint density at radius 2 is 1.73 bits per heavy atom. The lowest BCUT2D eigenvalue weighted by Gasteiger charge is -2.38. The van der Waals surface area contributed by atoms with Gasteiger partial charge in [0.25, 0.3) is 0 Å². The average molecular weight is 440 g/mol. The monoisotopic (exact) mass is 439 g/mol. The number of nitrogens with zero attached hydrogens (tertiary/aromatic N) is 4. The number of ether oxygens (including phenoxy) is 1. The Hall–Kier alpha value is -3.22. The molecule has 6 heteroatoms. The maximum Gasteiger partial charge on any atom is 0.147 e. The molecule has 1 aromatic heterocycles. The third-order valence-electron chi connectivity index (χ3n) is 6.97. The van der Waals surface area contributed by atoms with Crippen LogP contribution in [0.15, 0.2) is 66.7 Å². The molecule has 6 rings (SSSR count). The lowest BCUT2D eigenvalue weighted by atomic mass is 10.0. The van der Waals surface area contributed by atoms with E-state index in [0.717, 1.165) is 60.4 Å². The zero-order valence-electron chi connectivity index (χ0n) is 18.9. The van der Waals surface area contributed by atoms with E-state index >= 15 is 0 Å². The number of piperidine rings is 1. The largest absolute Gasteiger partial charge is 0.482 e. The van der Waals surface area contributed by atoms with Crippen molar-refractivity contribution < 1.29 is 4.74 Å². The van der Waals surface area contributed by atoms with Crippen LogP contribution in [-0.2, 0) is 6.42 Å². The fourth-order valence-corrected chi connectivity index (χ4v) is 5.33. The molecule has 0 unspecified atom stereocenters. The normalized spacial score (nSPS) is 23.0. The van der Waals surface area contributed by atoms with Gasteiger partial charge >= 0.3 is 0 Å². The molecule has 1 aliphatic heterocycles. The summed E-state index contributed by atoms with van der Waals surface area (Å²) >= 11 is 0. The Balaban J connectivity index is 1.39. The smallest absolute Gasteiger partial charge is 0.147 e. The summed E-state index contributed by atoms with van der Waals surface area (Å²) in [6, 6.07) is 23.4. The molecule has 0 bridgehead atoms. The molecule has 0 radical (unpaired) electrons. The van der Waals surface area contributed by atoms with Gasteiger partial charge in [0.2, 0.25) is 0 Å². The molecular formula is C27H29N5O. The second-order valence-electron chi connectivity index (χ2n) is 9.36. The van der Waals surface area contributed by atoms with Gasteiger partial charge in [0, 0.05) is 12.6 Å². The molecule has 2 aliphatic rings. The van der Waals surface area contributed by atoms with Crippen LogP contribution in [0.4, 0.5) is 0 Å². The van der Waals surface area contributed by atoms with Crippen molar-refractivity contribution in [1.82, 2.24) is 19.9 Å². The Kier molecular flexibility index (Phi) is 5.12. The lowest BCUT2D eigenvalue weighted by Crippen LogP contribution is -2.49. The van der Waals surface area contributed by atoms with Crippen molar-refractivity contribution in [2.24, 2.45) is 5.73 Å². The van der Waals surface area contributed by atoms with E-state index in [1.165, 1.54) is 11.1 Å². The van der Waals surface area contributed by atoms with E-state index in [2.05, 4.69) is 54.3 Å². The van der Waals surface area contributed by atoms with Gasteiger partial charge in [-0.05, 0) is 73.7 Å². The first-order valence-electron chi connectivity index (χ1n) is 11.8. The fraction of sp³-hybridized carbons (Fsp3) is 0.333. The van der Waals surface area contributed by atoms with Crippen molar-refractivity contribution in [2.75, 3.05) is 13.1 Å². The Morgan fingerprint density at radius 3 is 2.52 bits per heavy atom. The average Bonchev–Trinajstić information content (AvgIpc) is 3.42. The first-order valence-corrected chi connectivity index (χ1v) is 11.8. The van der Waals surface area contributed by atoms with Crippen molar-refractivity contribution in [3.05, 3.63) is 83.4 Å². The van der Waals surface area contributed by atoms with Crippen molar-refractivity contribution in [3.8, 4) is 11.4 Å². The third kappa shape index (κ3) is 3.79. The summed E-state index contributed by atoms with van der Waals surface area (Å²) in [5.74, 6) is 0.800. The van der Waals surface area contributed by atoms with Crippen LogP contribution in [0.25, 0.3) is 16.7 Å². The minimum absolute atomic E-state index is 0.0575. The number of fused-ring (bicyclic) bond motifs is 2. The van der Waals surface area contributed by atoms with Crippen molar-refractivity contribution in [2.45, 2.75) is 44.4 Å². The number of hydrogen-bond acceptors (Lipinski definition) is 5. The molecule has 2 heterocycles. The second-order valence-corrected chi connectivity index (χ2v) is 9.36. The van der Waals surface area contributed by atoms with Gasteiger partial charge in [-0.25, -0.2) is 0 Å². The number of aromatic nitrogens is 3. The first-order chi connectivity index (χ1) is 16.2. The van der Waals surface area contributed by atoms with Crippen LogP contribution in [0.2, 0.25) is 0 Å². The number of nitrogens with two attached hydrogens (primary N) is 1. The Morgan fingerprint density at radius 1 is 0.970 bits per heavy atom. The standard InChI is InChI=1S/C27H29N5O/c1-18-12-13-26(24(15-18)32-29-22-10-4-5-11-23(22)30-32)33-27-21-9-3-2-7-19(21)16-25(27)31-14-6-8-20(28)17-31/h2-5,7,9-13,15,20,25,27H,6,8,14,16-17,28H2,1H3/t20-,25+,27+/m0/s1. The highest BCUT2D eigenvalue weighted by Gasteiger charge is 2.39. The summed E-state index contributed by atoms with van der Waals surface area (Å²) in [7, 11) is 0. The van der Waals surface area contributed by atoms with Gasteiger partial charge in [0.1, 0.15) is 28.6 Å². The van der Waals surface area contributed by atoms with Gasteiger partial charge in [-0.1, -0.05) is 42.5 Å². The minimum Gasteiger partial charge on any atom is -0.482 e. The number of aryl methyl sites for hydroxylation is 1. The van der Waals surface area contributed by atoms with E-state index in [-0.39, 0.29) is 18.2 Å². The quantitative estimate of drug-likeness (QED) is 0.516. The van der Waals surface area contributed by atoms with Gasteiger partial charge < -0.3 is 10.5 Å². The molecule has 2 N–H and O–H groups in total. The second kappa shape index (κ2) is 8.28. The molecule has 33 heavy (non-hydrogen) atoms. The van der Waals surface area contributed by atoms with Gasteiger partial charge in [-0.2, -0.15) is 0 Å². The van der Waals surface area contributed by atoms with Crippen molar-refractivity contribution in [3.63, 3.8) is 0 Å². The molecule has 4 aromatic rings. The molecule has 168 valence electrons. The van der Waals surface area contributed by atoms with Crippen molar-refractivity contribution >= 4 is 11.0 Å². The van der Waals surface area contributed by atoms with Crippen molar-refractivity contribution in [1.29, 1.82) is 0 Å². The summed E-state index contributed by atoms with van der Waals surface area (Å²) in [4.78, 5) is 4.24. The predicted molar refractivity (Wildman–Crippen MR) is 130 cm³/mol. The highest BCUT2D eigenvalue weighted by molar-refractivity contribution is 5.73. The fourth-order valence-electron chi connectivity index (χ4n) is 5.33. The molecule has 0 spiro atoms. The summed E-state index contributed by atoms with van der Waals surface area (Å²) in [5.41, 5.74) is 12.7. The highest BCUT2D eigenvalue weighted by Crippen LogP contribution is 2.40. The van der Waals surface area contributed by atoms with E-state index in [1.807, 2.05) is 24.3 Å². The van der Waals surface area contributed by atoms with Gasteiger partial charge in [-0.3, -0.25) is 4.90 Å². The van der Waals surface area contributed by atoms with Crippen LogP contribution < -0.4 is 10.5 Å². The predicted octanol–water partition coefficient (Wildman–Crippen LogP) is 4.20. The number of hydrogen-bond donors (Lipinski definition) is 1. The molecule has 1 saturated heterocycles. The Labute approximate surface area is 194 Å². The molecule has 3 atom stereocenters. The van der Waals surface area contributed by atoms with Crippen LogP contribution in [0.1, 0.15) is 35.6 Å². The zero-order valence-corrected chi connectivity index (χ0v) is 18.9. The molecule has 6 nitrogen and oxygen atoms in total. The highest BCUT2D eigenvalue weighted by atomic mass is 16.5. The minimum atomic E-state index is -0.0575. The zero-order chi connectivity index (χ0) is 22.4. The van der Waals surface area contributed by atoms with E-state index in [4.69, 9.17) is 20.7 Å². The summed E-state index contributed by atoms with van der Waals surface area (Å²) in [5, 5.41) is 9.44. The van der Waals surface area contributed by atoms with Crippen LogP contribution in [-0.4, -0.2) is 45.1 Å². The Bertz CT molecular complexity index is 1270. The van der Waals surface area contributed by atoms with Gasteiger partial charge in [-0.15, -0.1) is 15.0 Å². The molecule has 1 aliphatic carbocycles. The molecule has 3 aromatic carbocycles. The first kappa shape index (κ1) is 20.4. The number of benzene rings is 3. The number of likely N-dealkylation sites (tertiary alicyclic amines) is 1. The van der Waals surface area contributed by atoms with Gasteiger partial charge in [0.15, 0.2) is 0 Å². The molecule has 0 saturated carbocycles. The summed E-state index contributed by atoms with van der Waals surface area (Å²) in [6.45, 7) is 4.07. The topological polar surface area (TPSA) is 69.2 Å². The maximum absolute atomic E-state index is 6.86. The van der Waals surface area contributed by atoms with Crippen LogP contribution in [0.5, 0.6) is 5.75 Å². The van der Waals surface area contributed by atoms with E-state index in [0.29, 0.717) is 0 Å². The van der Waals surface area contributed by atoms with Crippen LogP contribution in [0, 0.1) is 6.92 Å². The van der Waals surface area contributed by atoms with E-state index in [9.17, 15) is 0 Å². The molecular weight excluding hydrogens is 410 g/mol. The van der Waals surface area contributed by atoms with Gasteiger partial charge in [0.05, 0.1) is 6.04 Å². The third-order valence-corrected chi connectivity index (χ3v) is 6.97. The van der Waals surface area contributed by atoms with E-state index in [1.54, 1.807) is 4.80 Å². The SMILES string of the molecule is Cc1ccc(O[C@@H]2c3ccccc3C[C@H]2N2CCC[C@H](N)C2)c(-n2nc3ccccc3n2)c1. The maximum atomic E-state index is 6.86. The van der Waals surface area contributed by atoms with Crippen LogP contribution >= 0.6 is 0 Å².